The Balaban J connectivity index is 1.66. The molecule has 5 heteroatoms. The average molecular weight is 255 g/mol. The first kappa shape index (κ1) is 13.8. The van der Waals surface area contributed by atoms with E-state index in [-0.39, 0.29) is 12.0 Å². The minimum absolute atomic E-state index is 0.133. The highest BCUT2D eigenvalue weighted by Gasteiger charge is 2.25. The van der Waals surface area contributed by atoms with Crippen LogP contribution < -0.4 is 10.6 Å². The number of nitrogens with one attached hydrogen (secondary N) is 2. The Morgan fingerprint density at radius 1 is 1.33 bits per heavy atom. The maximum absolute atomic E-state index is 11.9. The van der Waals surface area contributed by atoms with Crippen molar-refractivity contribution >= 4 is 5.91 Å². The van der Waals surface area contributed by atoms with Gasteiger partial charge in [0.1, 0.15) is 0 Å². The fourth-order valence-corrected chi connectivity index (χ4v) is 2.84. The molecule has 2 aliphatic rings. The summed E-state index contributed by atoms with van der Waals surface area (Å²) in [5.41, 5.74) is 0. The van der Waals surface area contributed by atoms with E-state index in [1.54, 1.807) is 0 Å². The molecule has 0 saturated carbocycles. The zero-order valence-corrected chi connectivity index (χ0v) is 11.3. The Morgan fingerprint density at radius 3 is 2.94 bits per heavy atom. The van der Waals surface area contributed by atoms with E-state index in [2.05, 4.69) is 15.5 Å². The van der Waals surface area contributed by atoms with Gasteiger partial charge in [0, 0.05) is 25.7 Å². The van der Waals surface area contributed by atoms with Crippen molar-refractivity contribution < 1.29 is 9.53 Å². The Bertz CT molecular complexity index is 267. The number of rotatable bonds is 6. The third-order valence-corrected chi connectivity index (χ3v) is 3.84. The summed E-state index contributed by atoms with van der Waals surface area (Å²) >= 11 is 0. The van der Waals surface area contributed by atoms with Crippen LogP contribution in [0.3, 0.4) is 0 Å². The third kappa shape index (κ3) is 3.93. The minimum atomic E-state index is 0.133. The van der Waals surface area contributed by atoms with Crippen LogP contribution in [0.4, 0.5) is 0 Å². The second-order valence-corrected chi connectivity index (χ2v) is 5.26. The number of likely N-dealkylation sites (N-methyl/N-ethyl adjacent to an activating group) is 1. The van der Waals surface area contributed by atoms with Crippen LogP contribution in [0.15, 0.2) is 0 Å². The highest BCUT2D eigenvalue weighted by Crippen LogP contribution is 2.15. The topological polar surface area (TPSA) is 53.6 Å². The first-order valence-electron chi connectivity index (χ1n) is 7.06. The first-order valence-corrected chi connectivity index (χ1v) is 7.06. The Morgan fingerprint density at radius 2 is 2.22 bits per heavy atom. The lowest BCUT2D eigenvalue weighted by molar-refractivity contribution is -0.122. The van der Waals surface area contributed by atoms with Crippen LogP contribution in [0.25, 0.3) is 0 Å². The molecule has 0 radical (unpaired) electrons. The maximum Gasteiger partial charge on any atom is 0.234 e. The lowest BCUT2D eigenvalue weighted by atomic mass is 10.2. The van der Waals surface area contributed by atoms with Crippen LogP contribution in [0.1, 0.15) is 25.7 Å². The maximum atomic E-state index is 11.9. The lowest BCUT2D eigenvalue weighted by Crippen LogP contribution is -2.44. The van der Waals surface area contributed by atoms with E-state index in [1.165, 1.54) is 12.8 Å². The molecule has 18 heavy (non-hydrogen) atoms. The van der Waals surface area contributed by atoms with E-state index in [0.29, 0.717) is 19.1 Å². The van der Waals surface area contributed by atoms with Crippen LogP contribution in [-0.4, -0.2) is 62.8 Å². The van der Waals surface area contributed by atoms with Crippen LogP contribution in [0, 0.1) is 0 Å². The van der Waals surface area contributed by atoms with Crippen molar-refractivity contribution in [2.75, 3.05) is 39.8 Å². The molecule has 2 fully saturated rings. The molecule has 2 N–H and O–H groups in total. The van der Waals surface area contributed by atoms with Crippen LogP contribution in [0.5, 0.6) is 0 Å². The van der Waals surface area contributed by atoms with Crippen LogP contribution in [0.2, 0.25) is 0 Å². The molecule has 5 nitrogen and oxygen atoms in total. The van der Waals surface area contributed by atoms with Gasteiger partial charge in [0.05, 0.1) is 12.6 Å². The molecule has 2 atom stereocenters. The second kappa shape index (κ2) is 7.07. The highest BCUT2D eigenvalue weighted by atomic mass is 16.5. The lowest BCUT2D eigenvalue weighted by Gasteiger charge is -2.23. The SMILES string of the molecule is CNCC1CCCN1CC(=O)NCC1CCCO1. The summed E-state index contributed by atoms with van der Waals surface area (Å²) in [4.78, 5) is 14.2. The van der Waals surface area contributed by atoms with E-state index >= 15 is 0 Å². The number of likely N-dealkylation sites (tertiary alicyclic amines) is 1. The second-order valence-electron chi connectivity index (χ2n) is 5.26. The molecule has 0 bridgehead atoms. The molecule has 0 spiro atoms. The molecule has 2 rings (SSSR count). The predicted octanol–water partition coefficient (Wildman–Crippen LogP) is -0.0346. The fourth-order valence-electron chi connectivity index (χ4n) is 2.84. The summed E-state index contributed by atoms with van der Waals surface area (Å²) in [7, 11) is 1.97. The zero-order chi connectivity index (χ0) is 12.8. The number of amides is 1. The molecule has 0 aliphatic carbocycles. The van der Waals surface area contributed by atoms with Gasteiger partial charge in [0.15, 0.2) is 0 Å². The van der Waals surface area contributed by atoms with Gasteiger partial charge in [0.2, 0.25) is 5.91 Å². The van der Waals surface area contributed by atoms with Gasteiger partial charge in [-0.2, -0.15) is 0 Å². The molecule has 2 unspecified atom stereocenters. The summed E-state index contributed by atoms with van der Waals surface area (Å²) in [6.07, 6.45) is 4.83. The summed E-state index contributed by atoms with van der Waals surface area (Å²) in [6, 6.07) is 0.517. The smallest absolute Gasteiger partial charge is 0.234 e. The largest absolute Gasteiger partial charge is 0.376 e. The molecule has 0 aromatic heterocycles. The first-order chi connectivity index (χ1) is 8.79. The van der Waals surface area contributed by atoms with Crippen molar-refractivity contribution in [2.24, 2.45) is 0 Å². The molecule has 2 saturated heterocycles. The number of carbonyl (C=O) groups is 1. The van der Waals surface area contributed by atoms with Gasteiger partial charge in [-0.3, -0.25) is 9.69 Å². The van der Waals surface area contributed by atoms with Gasteiger partial charge < -0.3 is 15.4 Å². The van der Waals surface area contributed by atoms with Crippen molar-refractivity contribution in [2.45, 2.75) is 37.8 Å². The molecule has 0 aromatic carbocycles. The monoisotopic (exact) mass is 255 g/mol. The van der Waals surface area contributed by atoms with Gasteiger partial charge in [0.25, 0.3) is 0 Å². The highest BCUT2D eigenvalue weighted by molar-refractivity contribution is 5.78. The van der Waals surface area contributed by atoms with Crippen molar-refractivity contribution in [3.63, 3.8) is 0 Å². The van der Waals surface area contributed by atoms with E-state index < -0.39 is 0 Å². The summed E-state index contributed by atoms with van der Waals surface area (Å²) in [5.74, 6) is 0.133. The Hall–Kier alpha value is -0.650. The Kier molecular flexibility index (Phi) is 5.41. The summed E-state index contributed by atoms with van der Waals surface area (Å²) < 4.78 is 5.49. The molecule has 2 aliphatic heterocycles. The number of ether oxygens (including phenoxy) is 1. The number of hydrogen-bond acceptors (Lipinski definition) is 4. The van der Waals surface area contributed by atoms with Crippen LogP contribution >= 0.6 is 0 Å². The average Bonchev–Trinajstić information content (AvgIpc) is 2.99. The predicted molar refractivity (Wildman–Crippen MR) is 70.5 cm³/mol. The minimum Gasteiger partial charge on any atom is -0.376 e. The molecule has 104 valence electrons. The normalized spacial score (nSPS) is 28.7. The van der Waals surface area contributed by atoms with E-state index in [1.807, 2.05) is 7.05 Å². The number of carbonyl (C=O) groups excluding carboxylic acids is 1. The van der Waals surface area contributed by atoms with Crippen molar-refractivity contribution in [3.05, 3.63) is 0 Å². The van der Waals surface area contributed by atoms with Crippen molar-refractivity contribution in [1.82, 2.24) is 15.5 Å². The van der Waals surface area contributed by atoms with Gasteiger partial charge in [-0.1, -0.05) is 0 Å². The number of hydrogen-bond donors (Lipinski definition) is 2. The summed E-state index contributed by atoms with van der Waals surface area (Å²) in [5, 5.41) is 6.18. The standard InChI is InChI=1S/C13H25N3O2/c1-14-8-11-4-2-6-16(11)10-13(17)15-9-12-5-3-7-18-12/h11-12,14H,2-10H2,1H3,(H,15,17). The van der Waals surface area contributed by atoms with Crippen molar-refractivity contribution in [1.29, 1.82) is 0 Å². The van der Waals surface area contributed by atoms with Crippen molar-refractivity contribution in [3.8, 4) is 0 Å². The quantitative estimate of drug-likeness (QED) is 0.699. The zero-order valence-electron chi connectivity index (χ0n) is 11.3. The molecular weight excluding hydrogens is 230 g/mol. The van der Waals surface area contributed by atoms with E-state index in [4.69, 9.17) is 4.74 Å². The molecule has 1 amide bonds. The Labute approximate surface area is 109 Å². The molecule has 2 heterocycles. The van der Waals surface area contributed by atoms with Gasteiger partial charge in [-0.25, -0.2) is 0 Å². The summed E-state index contributed by atoms with van der Waals surface area (Å²) in [6.45, 7) is 4.05. The third-order valence-electron chi connectivity index (χ3n) is 3.84. The van der Waals surface area contributed by atoms with E-state index in [0.717, 1.165) is 32.5 Å². The van der Waals surface area contributed by atoms with Gasteiger partial charge in [-0.05, 0) is 39.3 Å². The molecule has 0 aromatic rings. The van der Waals surface area contributed by atoms with E-state index in [9.17, 15) is 4.79 Å². The van der Waals surface area contributed by atoms with Gasteiger partial charge >= 0.3 is 0 Å². The van der Waals surface area contributed by atoms with Gasteiger partial charge in [-0.15, -0.1) is 0 Å². The molecular formula is C13H25N3O2. The van der Waals surface area contributed by atoms with Crippen LogP contribution in [-0.2, 0) is 9.53 Å². The number of nitrogens with zero attached hydrogens (tertiary/aromatic N) is 1. The fraction of sp³-hybridized carbons (Fsp3) is 0.923.